The van der Waals surface area contributed by atoms with E-state index in [1.165, 1.54) is 6.08 Å². The minimum Gasteiger partial charge on any atom is -0.343 e. The molecule has 10 heteroatoms. The number of pyridine rings is 1. The van der Waals surface area contributed by atoms with E-state index in [2.05, 4.69) is 20.4 Å². The van der Waals surface area contributed by atoms with Crippen LogP contribution >= 0.6 is 11.6 Å². The molecule has 0 saturated carbocycles. The first-order valence-electron chi connectivity index (χ1n) is 7.88. The standard InChI is InChI=1S/C18H12ClF3N4O2/c19-14-3-2-13(18(20,21)22)9-12(14)1-4-15(27)24-10-16-25-17(26-28-16)11-5-7-23-8-6-11/h1-9H,10H2,(H,24,27)/b4-1+. The highest BCUT2D eigenvalue weighted by Gasteiger charge is 2.30. The van der Waals surface area contributed by atoms with Gasteiger partial charge in [0.25, 0.3) is 0 Å². The molecule has 0 fully saturated rings. The van der Waals surface area contributed by atoms with Crippen molar-refractivity contribution in [2.24, 2.45) is 0 Å². The Morgan fingerprint density at radius 2 is 1.96 bits per heavy atom. The second-order valence-electron chi connectivity index (χ2n) is 5.53. The number of carbonyl (C=O) groups excluding carboxylic acids is 1. The zero-order valence-electron chi connectivity index (χ0n) is 14.1. The van der Waals surface area contributed by atoms with Crippen LogP contribution in [0.25, 0.3) is 17.5 Å². The Morgan fingerprint density at radius 3 is 2.68 bits per heavy atom. The lowest BCUT2D eigenvalue weighted by Gasteiger charge is -2.08. The normalized spacial score (nSPS) is 11.7. The highest BCUT2D eigenvalue weighted by atomic mass is 35.5. The molecule has 0 aliphatic heterocycles. The average Bonchev–Trinajstić information content (AvgIpc) is 3.14. The second-order valence-corrected chi connectivity index (χ2v) is 5.94. The van der Waals surface area contributed by atoms with Crippen molar-refractivity contribution < 1.29 is 22.5 Å². The minimum atomic E-state index is -4.50. The zero-order chi connectivity index (χ0) is 20.1. The van der Waals surface area contributed by atoms with Crippen molar-refractivity contribution in [3.8, 4) is 11.4 Å². The highest BCUT2D eigenvalue weighted by molar-refractivity contribution is 6.32. The average molecular weight is 409 g/mol. The predicted octanol–water partition coefficient (Wildman–Crippen LogP) is 4.13. The van der Waals surface area contributed by atoms with Crippen LogP contribution in [0.15, 0.2) is 53.3 Å². The van der Waals surface area contributed by atoms with Crippen LogP contribution in [0.4, 0.5) is 13.2 Å². The fourth-order valence-electron chi connectivity index (χ4n) is 2.18. The number of aromatic nitrogens is 3. The Morgan fingerprint density at radius 1 is 1.21 bits per heavy atom. The number of nitrogens with zero attached hydrogens (tertiary/aromatic N) is 3. The molecule has 3 rings (SSSR count). The van der Waals surface area contributed by atoms with Gasteiger partial charge in [0.15, 0.2) is 0 Å². The molecule has 0 saturated heterocycles. The number of hydrogen-bond donors (Lipinski definition) is 1. The molecule has 0 radical (unpaired) electrons. The Labute approximate surface area is 162 Å². The van der Waals surface area contributed by atoms with Gasteiger partial charge in [-0.2, -0.15) is 18.2 Å². The monoisotopic (exact) mass is 408 g/mol. The number of benzene rings is 1. The third-order valence-electron chi connectivity index (χ3n) is 3.56. The molecule has 3 aromatic rings. The van der Waals surface area contributed by atoms with Gasteiger partial charge in [0.1, 0.15) is 0 Å². The molecule has 144 valence electrons. The maximum atomic E-state index is 12.8. The molecule has 0 bridgehead atoms. The van der Waals surface area contributed by atoms with Crippen molar-refractivity contribution in [1.29, 1.82) is 0 Å². The third-order valence-corrected chi connectivity index (χ3v) is 3.90. The van der Waals surface area contributed by atoms with Gasteiger partial charge >= 0.3 is 6.18 Å². The molecule has 0 atom stereocenters. The second kappa shape index (κ2) is 8.22. The molecule has 0 spiro atoms. The van der Waals surface area contributed by atoms with Crippen LogP contribution in [0.1, 0.15) is 17.0 Å². The van der Waals surface area contributed by atoms with Gasteiger partial charge in [-0.25, -0.2) is 0 Å². The van der Waals surface area contributed by atoms with E-state index < -0.39 is 17.6 Å². The van der Waals surface area contributed by atoms with Crippen molar-refractivity contribution in [3.05, 3.63) is 70.8 Å². The molecule has 1 N–H and O–H groups in total. The van der Waals surface area contributed by atoms with E-state index in [-0.39, 0.29) is 23.0 Å². The summed E-state index contributed by atoms with van der Waals surface area (Å²) >= 11 is 5.88. The van der Waals surface area contributed by atoms with Crippen LogP contribution in [0, 0.1) is 0 Å². The maximum absolute atomic E-state index is 12.8. The Balaban J connectivity index is 1.61. The summed E-state index contributed by atoms with van der Waals surface area (Å²) in [7, 11) is 0. The lowest BCUT2D eigenvalue weighted by molar-refractivity contribution is -0.137. The van der Waals surface area contributed by atoms with Gasteiger partial charge in [0, 0.05) is 29.1 Å². The first-order valence-corrected chi connectivity index (χ1v) is 8.26. The number of hydrogen-bond acceptors (Lipinski definition) is 5. The topological polar surface area (TPSA) is 80.9 Å². The summed E-state index contributed by atoms with van der Waals surface area (Å²) in [5.74, 6) is -0.0410. The van der Waals surface area contributed by atoms with Crippen LogP contribution in [0.5, 0.6) is 0 Å². The molecule has 0 unspecified atom stereocenters. The Kier molecular flexibility index (Phi) is 5.74. The summed E-state index contributed by atoms with van der Waals surface area (Å²) < 4.78 is 43.3. The molecule has 1 aromatic carbocycles. The zero-order valence-corrected chi connectivity index (χ0v) is 14.8. The maximum Gasteiger partial charge on any atom is 0.416 e. The molecule has 6 nitrogen and oxygen atoms in total. The van der Waals surface area contributed by atoms with Crippen molar-refractivity contribution in [3.63, 3.8) is 0 Å². The summed E-state index contributed by atoms with van der Waals surface area (Å²) in [4.78, 5) is 19.9. The SMILES string of the molecule is O=C(/C=C/c1cc(C(F)(F)F)ccc1Cl)NCc1nc(-c2ccncc2)no1. The summed E-state index contributed by atoms with van der Waals surface area (Å²) in [6.45, 7) is -0.0441. The van der Waals surface area contributed by atoms with Crippen molar-refractivity contribution in [2.75, 3.05) is 0 Å². The molecule has 1 amide bonds. The first kappa shape index (κ1) is 19.6. The summed E-state index contributed by atoms with van der Waals surface area (Å²) in [6, 6.07) is 6.27. The molecular formula is C18H12ClF3N4O2. The van der Waals surface area contributed by atoms with Gasteiger partial charge in [0.2, 0.25) is 17.6 Å². The van der Waals surface area contributed by atoms with E-state index in [0.29, 0.717) is 11.4 Å². The van der Waals surface area contributed by atoms with Crippen molar-refractivity contribution >= 4 is 23.6 Å². The van der Waals surface area contributed by atoms with Gasteiger partial charge in [-0.15, -0.1) is 0 Å². The lowest BCUT2D eigenvalue weighted by atomic mass is 10.1. The number of carbonyl (C=O) groups is 1. The van der Waals surface area contributed by atoms with Gasteiger partial charge < -0.3 is 9.84 Å². The smallest absolute Gasteiger partial charge is 0.343 e. The van der Waals surface area contributed by atoms with E-state index in [4.69, 9.17) is 16.1 Å². The number of halogens is 4. The largest absolute Gasteiger partial charge is 0.416 e. The number of nitrogens with one attached hydrogen (secondary N) is 1. The van der Waals surface area contributed by atoms with E-state index in [9.17, 15) is 18.0 Å². The van der Waals surface area contributed by atoms with Crippen molar-refractivity contribution in [1.82, 2.24) is 20.4 Å². The Bertz CT molecular complexity index is 1000. The summed E-state index contributed by atoms with van der Waals surface area (Å²) in [5, 5.41) is 6.39. The van der Waals surface area contributed by atoms with E-state index in [0.717, 1.165) is 24.3 Å². The van der Waals surface area contributed by atoms with Crippen LogP contribution in [-0.4, -0.2) is 21.0 Å². The fourth-order valence-corrected chi connectivity index (χ4v) is 2.36. The first-order chi connectivity index (χ1) is 13.3. The quantitative estimate of drug-likeness (QED) is 0.642. The van der Waals surface area contributed by atoms with Crippen LogP contribution in [-0.2, 0) is 17.5 Å². The molecule has 0 aliphatic rings. The number of rotatable bonds is 5. The van der Waals surface area contributed by atoms with E-state index in [1.807, 2.05) is 0 Å². The van der Waals surface area contributed by atoms with Crippen LogP contribution in [0.3, 0.4) is 0 Å². The predicted molar refractivity (Wildman–Crippen MR) is 94.9 cm³/mol. The molecule has 2 aromatic heterocycles. The van der Waals surface area contributed by atoms with Gasteiger partial charge in [0.05, 0.1) is 12.1 Å². The van der Waals surface area contributed by atoms with Gasteiger partial charge in [-0.1, -0.05) is 16.8 Å². The molecular weight excluding hydrogens is 397 g/mol. The summed E-state index contributed by atoms with van der Waals surface area (Å²) in [6.07, 6.45) is 0.929. The molecule has 0 aliphatic carbocycles. The van der Waals surface area contributed by atoms with E-state index in [1.54, 1.807) is 24.5 Å². The number of amides is 1. The summed E-state index contributed by atoms with van der Waals surface area (Å²) in [5.41, 5.74) is -0.0775. The Hall–Kier alpha value is -3.20. The minimum absolute atomic E-state index is 0.0441. The van der Waals surface area contributed by atoms with Gasteiger partial charge in [-0.3, -0.25) is 9.78 Å². The van der Waals surface area contributed by atoms with Crippen molar-refractivity contribution in [2.45, 2.75) is 12.7 Å². The highest BCUT2D eigenvalue weighted by Crippen LogP contribution is 2.32. The van der Waals surface area contributed by atoms with E-state index >= 15 is 0 Å². The molecule has 28 heavy (non-hydrogen) atoms. The van der Waals surface area contributed by atoms with Crippen LogP contribution in [0.2, 0.25) is 5.02 Å². The molecule has 2 heterocycles. The van der Waals surface area contributed by atoms with Gasteiger partial charge in [-0.05, 0) is 42.0 Å². The third kappa shape index (κ3) is 4.95. The lowest BCUT2D eigenvalue weighted by Crippen LogP contribution is -2.20. The number of alkyl halides is 3. The van der Waals surface area contributed by atoms with Crippen LogP contribution < -0.4 is 5.32 Å². The fraction of sp³-hybridized carbons (Fsp3) is 0.111.